The Morgan fingerprint density at radius 2 is 2.07 bits per heavy atom. The van der Waals surface area contributed by atoms with Crippen LogP contribution < -0.4 is 0 Å². The minimum Gasteiger partial charge on any atom is -0.381 e. The molecular weight excluding hydrogens is 184 g/mol. The number of benzene rings is 1. The van der Waals surface area contributed by atoms with Crippen LogP contribution in [0.15, 0.2) is 24.3 Å². The van der Waals surface area contributed by atoms with Gasteiger partial charge in [0.1, 0.15) is 0 Å². The zero-order valence-corrected chi connectivity index (χ0v) is 9.46. The summed E-state index contributed by atoms with van der Waals surface area (Å²) in [5.74, 6) is 0. The summed E-state index contributed by atoms with van der Waals surface area (Å²) in [4.78, 5) is 0. The van der Waals surface area contributed by atoms with Crippen LogP contribution in [0.5, 0.6) is 0 Å². The minimum absolute atomic E-state index is 0.350. The maximum atomic E-state index is 5.75. The maximum Gasteiger partial charge on any atom is 0.0562 e. The second kappa shape index (κ2) is 4.80. The summed E-state index contributed by atoms with van der Waals surface area (Å²) in [5.41, 5.74) is 1.78. The molecule has 0 N–H and O–H groups in total. The molecule has 1 heteroatoms. The van der Waals surface area contributed by atoms with E-state index in [0.29, 0.717) is 5.41 Å². The van der Waals surface area contributed by atoms with Gasteiger partial charge >= 0.3 is 0 Å². The summed E-state index contributed by atoms with van der Waals surface area (Å²) in [6, 6.07) is 11.4. The fourth-order valence-corrected chi connectivity index (χ4v) is 1.92. The highest BCUT2D eigenvalue weighted by atomic mass is 16.5. The second-order valence-corrected chi connectivity index (χ2v) is 4.48. The molecule has 1 aliphatic rings. The van der Waals surface area contributed by atoms with Gasteiger partial charge in [-0.3, -0.25) is 0 Å². The molecule has 1 aliphatic carbocycles. The molecule has 81 valence electrons. The molecule has 2 rings (SSSR count). The SMILES string of the molecule is CCCCOCC1(c2cc[c]cc2)CC1. The first kappa shape index (κ1) is 10.7. The van der Waals surface area contributed by atoms with Crippen LogP contribution in [0.3, 0.4) is 0 Å². The van der Waals surface area contributed by atoms with Gasteiger partial charge in [-0.25, -0.2) is 0 Å². The lowest BCUT2D eigenvalue weighted by Crippen LogP contribution is -2.15. The fraction of sp³-hybridized carbons (Fsp3) is 0.571. The van der Waals surface area contributed by atoms with Crippen LogP contribution in [-0.2, 0) is 10.2 Å². The van der Waals surface area contributed by atoms with Gasteiger partial charge in [0, 0.05) is 12.0 Å². The molecule has 1 fully saturated rings. The molecule has 0 heterocycles. The Kier molecular flexibility index (Phi) is 3.42. The van der Waals surface area contributed by atoms with Gasteiger partial charge in [0.25, 0.3) is 0 Å². The van der Waals surface area contributed by atoms with Crippen LogP contribution in [0.4, 0.5) is 0 Å². The molecule has 15 heavy (non-hydrogen) atoms. The number of unbranched alkanes of at least 4 members (excludes halogenated alkanes) is 1. The quantitative estimate of drug-likeness (QED) is 0.644. The molecule has 0 amide bonds. The van der Waals surface area contributed by atoms with Gasteiger partial charge in [-0.15, -0.1) is 0 Å². The van der Waals surface area contributed by atoms with Crippen LogP contribution in [-0.4, -0.2) is 13.2 Å². The molecule has 1 radical (unpaired) electrons. The standard InChI is InChI=1S/C14H19O/c1-2-3-11-15-12-14(9-10-14)13-7-5-4-6-8-13/h5-8H,2-3,9-12H2,1H3. The lowest BCUT2D eigenvalue weighted by atomic mass is 9.97. The van der Waals surface area contributed by atoms with E-state index in [0.717, 1.165) is 13.2 Å². The highest BCUT2D eigenvalue weighted by molar-refractivity contribution is 5.30. The van der Waals surface area contributed by atoms with Gasteiger partial charge in [-0.2, -0.15) is 0 Å². The topological polar surface area (TPSA) is 9.23 Å². The number of ether oxygens (including phenoxy) is 1. The van der Waals surface area contributed by atoms with Gasteiger partial charge in [-0.05, 0) is 30.9 Å². The molecule has 1 aromatic carbocycles. The average molecular weight is 203 g/mol. The third-order valence-electron chi connectivity index (χ3n) is 3.20. The number of rotatable bonds is 6. The Morgan fingerprint density at radius 1 is 1.33 bits per heavy atom. The molecule has 1 saturated carbocycles. The summed E-state index contributed by atoms with van der Waals surface area (Å²) >= 11 is 0. The van der Waals surface area contributed by atoms with E-state index in [4.69, 9.17) is 4.74 Å². The van der Waals surface area contributed by atoms with Crippen molar-refractivity contribution >= 4 is 0 Å². The molecule has 0 aliphatic heterocycles. The zero-order valence-electron chi connectivity index (χ0n) is 9.46. The largest absolute Gasteiger partial charge is 0.381 e. The first-order valence-electron chi connectivity index (χ1n) is 5.92. The van der Waals surface area contributed by atoms with Crippen LogP contribution in [0.1, 0.15) is 38.2 Å². The van der Waals surface area contributed by atoms with Crippen molar-refractivity contribution in [2.75, 3.05) is 13.2 Å². The Balaban J connectivity index is 1.86. The lowest BCUT2D eigenvalue weighted by Gasteiger charge is -2.15. The maximum absolute atomic E-state index is 5.75. The van der Waals surface area contributed by atoms with E-state index in [1.807, 2.05) is 12.1 Å². The van der Waals surface area contributed by atoms with E-state index in [1.54, 1.807) is 0 Å². The van der Waals surface area contributed by atoms with Crippen molar-refractivity contribution in [3.63, 3.8) is 0 Å². The highest BCUT2D eigenvalue weighted by Gasteiger charge is 2.44. The first-order valence-corrected chi connectivity index (χ1v) is 5.92. The normalized spacial score (nSPS) is 17.7. The summed E-state index contributed by atoms with van der Waals surface area (Å²) in [6.45, 7) is 4.01. The van der Waals surface area contributed by atoms with Crippen molar-refractivity contribution in [1.82, 2.24) is 0 Å². The Morgan fingerprint density at radius 3 is 2.67 bits per heavy atom. The van der Waals surface area contributed by atoms with Crippen molar-refractivity contribution in [3.05, 3.63) is 35.9 Å². The Bertz CT molecular complexity index is 287. The Labute approximate surface area is 92.5 Å². The van der Waals surface area contributed by atoms with Gasteiger partial charge in [0.05, 0.1) is 6.61 Å². The van der Waals surface area contributed by atoms with Gasteiger partial charge < -0.3 is 4.74 Å². The van der Waals surface area contributed by atoms with Crippen LogP contribution in [0.25, 0.3) is 0 Å². The molecule has 0 bridgehead atoms. The van der Waals surface area contributed by atoms with Crippen molar-refractivity contribution in [1.29, 1.82) is 0 Å². The van der Waals surface area contributed by atoms with Crippen molar-refractivity contribution in [2.24, 2.45) is 0 Å². The predicted molar refractivity (Wildman–Crippen MR) is 61.9 cm³/mol. The molecule has 1 nitrogen and oxygen atoms in total. The van der Waals surface area contributed by atoms with E-state index in [2.05, 4.69) is 25.1 Å². The van der Waals surface area contributed by atoms with Gasteiger partial charge in [0.15, 0.2) is 0 Å². The molecular formula is C14H19O. The number of hydrogen-bond donors (Lipinski definition) is 0. The highest BCUT2D eigenvalue weighted by Crippen LogP contribution is 2.48. The molecule has 0 atom stereocenters. The molecule has 0 unspecified atom stereocenters. The fourth-order valence-electron chi connectivity index (χ4n) is 1.92. The van der Waals surface area contributed by atoms with Crippen molar-refractivity contribution < 1.29 is 4.74 Å². The van der Waals surface area contributed by atoms with E-state index >= 15 is 0 Å². The monoisotopic (exact) mass is 203 g/mol. The van der Waals surface area contributed by atoms with Crippen LogP contribution in [0, 0.1) is 6.07 Å². The van der Waals surface area contributed by atoms with Crippen molar-refractivity contribution in [3.8, 4) is 0 Å². The summed E-state index contributed by atoms with van der Waals surface area (Å²) < 4.78 is 5.75. The molecule has 0 saturated heterocycles. The molecule has 1 aromatic rings. The summed E-state index contributed by atoms with van der Waals surface area (Å²) in [7, 11) is 0. The number of hydrogen-bond acceptors (Lipinski definition) is 1. The first-order chi connectivity index (χ1) is 7.37. The van der Waals surface area contributed by atoms with E-state index in [1.165, 1.54) is 31.2 Å². The predicted octanol–water partition coefficient (Wildman–Crippen LogP) is 3.34. The third kappa shape index (κ3) is 2.60. The Hall–Kier alpha value is -0.820. The van der Waals surface area contributed by atoms with E-state index < -0.39 is 0 Å². The van der Waals surface area contributed by atoms with Gasteiger partial charge in [0.2, 0.25) is 0 Å². The lowest BCUT2D eigenvalue weighted by molar-refractivity contribution is 0.111. The van der Waals surface area contributed by atoms with E-state index in [9.17, 15) is 0 Å². The third-order valence-corrected chi connectivity index (χ3v) is 3.20. The zero-order chi connectivity index (χ0) is 10.6. The smallest absolute Gasteiger partial charge is 0.0562 e. The molecule has 0 spiro atoms. The molecule has 0 aromatic heterocycles. The second-order valence-electron chi connectivity index (χ2n) is 4.48. The van der Waals surface area contributed by atoms with Crippen LogP contribution in [0.2, 0.25) is 0 Å². The van der Waals surface area contributed by atoms with E-state index in [-0.39, 0.29) is 0 Å². The van der Waals surface area contributed by atoms with Crippen molar-refractivity contribution in [2.45, 2.75) is 38.0 Å². The summed E-state index contributed by atoms with van der Waals surface area (Å²) in [5, 5.41) is 0. The summed E-state index contributed by atoms with van der Waals surface area (Å²) in [6.07, 6.45) is 4.96. The van der Waals surface area contributed by atoms with Crippen LogP contribution >= 0.6 is 0 Å². The minimum atomic E-state index is 0.350. The van der Waals surface area contributed by atoms with Gasteiger partial charge in [-0.1, -0.05) is 37.6 Å². The average Bonchev–Trinajstić information content (AvgIpc) is 3.07.